The lowest BCUT2D eigenvalue weighted by atomic mass is 9.68. The van der Waals surface area contributed by atoms with Crippen molar-refractivity contribution in [2.24, 2.45) is 17.1 Å². The topological polar surface area (TPSA) is 111 Å². The first-order valence-corrected chi connectivity index (χ1v) is 9.89. The lowest BCUT2D eigenvalue weighted by Crippen LogP contribution is -2.38. The number of aryl methyl sites for hydroxylation is 1. The number of primary amides is 1. The highest BCUT2D eigenvalue weighted by atomic mass is 16.5. The molecular weight excluding hydrogens is 370 g/mol. The molecule has 154 valence electrons. The molecule has 1 atom stereocenters. The number of nitrogens with one attached hydrogen (secondary N) is 1. The van der Waals surface area contributed by atoms with Crippen molar-refractivity contribution in [1.82, 2.24) is 10.3 Å². The van der Waals surface area contributed by atoms with Crippen LogP contribution in [-0.4, -0.2) is 29.5 Å². The number of imide groups is 1. The van der Waals surface area contributed by atoms with Gasteiger partial charge in [-0.15, -0.1) is 0 Å². The summed E-state index contributed by atoms with van der Waals surface area (Å²) in [5.74, 6) is -0.926. The number of carbonyl (C=O) groups excluding carboxylic acids is 3. The number of carbonyl (C=O) groups is 3. The van der Waals surface area contributed by atoms with Crippen LogP contribution in [0.2, 0.25) is 0 Å². The van der Waals surface area contributed by atoms with Crippen LogP contribution in [0.25, 0.3) is 10.9 Å². The van der Waals surface area contributed by atoms with Crippen LogP contribution in [0.3, 0.4) is 0 Å². The van der Waals surface area contributed by atoms with E-state index in [9.17, 15) is 14.4 Å². The number of esters is 1. The lowest BCUT2D eigenvalue weighted by Gasteiger charge is -2.37. The quantitative estimate of drug-likeness (QED) is 0.753. The van der Waals surface area contributed by atoms with Crippen LogP contribution in [0.5, 0.6) is 0 Å². The molecule has 1 aliphatic rings. The standard InChI is InChI=1S/C22H27N3O4/c1-4-22(2,3)13-9-10-17-15(11-13)19(14-7-5-6-8-16(14)24-17)20(27)29-12-18(26)25-21(23)28/h5-8,13H,4,9-12H2,1-3H3,(H3,23,25,26,28)/t13-/m0/s1. The van der Waals surface area contributed by atoms with Gasteiger partial charge < -0.3 is 10.5 Å². The van der Waals surface area contributed by atoms with Crippen molar-refractivity contribution in [3.63, 3.8) is 0 Å². The van der Waals surface area contributed by atoms with E-state index in [1.54, 1.807) is 0 Å². The molecule has 0 bridgehead atoms. The van der Waals surface area contributed by atoms with E-state index in [-0.39, 0.29) is 5.41 Å². The van der Waals surface area contributed by atoms with Gasteiger partial charge in [-0.25, -0.2) is 9.59 Å². The molecule has 3 amide bonds. The largest absolute Gasteiger partial charge is 0.452 e. The van der Waals surface area contributed by atoms with Gasteiger partial charge in [0.05, 0.1) is 11.1 Å². The number of amides is 3. The number of nitrogens with zero attached hydrogens (tertiary/aromatic N) is 1. The first kappa shape index (κ1) is 20.8. The SMILES string of the molecule is CCC(C)(C)[C@H]1CCc2nc3ccccc3c(C(=O)OCC(=O)NC(N)=O)c2C1. The third-order valence-corrected chi connectivity index (χ3v) is 6.08. The fraction of sp³-hybridized carbons (Fsp3) is 0.455. The third-order valence-electron chi connectivity index (χ3n) is 6.08. The Morgan fingerprint density at radius 3 is 2.69 bits per heavy atom. The van der Waals surface area contributed by atoms with Gasteiger partial charge in [0, 0.05) is 11.1 Å². The Kier molecular flexibility index (Phi) is 5.86. The van der Waals surface area contributed by atoms with E-state index in [0.29, 0.717) is 16.9 Å². The molecule has 29 heavy (non-hydrogen) atoms. The zero-order valence-corrected chi connectivity index (χ0v) is 17.1. The third kappa shape index (κ3) is 4.39. The van der Waals surface area contributed by atoms with Crippen LogP contribution in [0.4, 0.5) is 4.79 Å². The molecule has 1 aromatic carbocycles. The molecule has 0 saturated heterocycles. The smallest absolute Gasteiger partial charge is 0.339 e. The average molecular weight is 397 g/mol. The molecule has 3 N–H and O–H groups in total. The summed E-state index contributed by atoms with van der Waals surface area (Å²) in [5.41, 5.74) is 8.09. The predicted molar refractivity (Wildman–Crippen MR) is 109 cm³/mol. The van der Waals surface area contributed by atoms with E-state index in [0.717, 1.165) is 42.5 Å². The van der Waals surface area contributed by atoms with Crippen molar-refractivity contribution in [2.75, 3.05) is 6.61 Å². The maximum absolute atomic E-state index is 13.0. The van der Waals surface area contributed by atoms with Crippen LogP contribution in [0.1, 0.15) is 55.2 Å². The molecule has 0 aliphatic heterocycles. The number of benzene rings is 1. The second-order valence-corrected chi connectivity index (χ2v) is 8.20. The fourth-order valence-electron chi connectivity index (χ4n) is 3.95. The summed E-state index contributed by atoms with van der Waals surface area (Å²) in [5, 5.41) is 2.60. The summed E-state index contributed by atoms with van der Waals surface area (Å²) in [6.07, 6.45) is 3.61. The van der Waals surface area contributed by atoms with Gasteiger partial charge in [0.1, 0.15) is 0 Å². The van der Waals surface area contributed by atoms with Gasteiger partial charge >= 0.3 is 12.0 Å². The Labute approximate surface area is 170 Å². The van der Waals surface area contributed by atoms with E-state index in [4.69, 9.17) is 15.5 Å². The molecule has 2 aromatic rings. The lowest BCUT2D eigenvalue weighted by molar-refractivity contribution is -0.123. The fourth-order valence-corrected chi connectivity index (χ4v) is 3.95. The number of rotatable bonds is 5. The Morgan fingerprint density at radius 2 is 2.00 bits per heavy atom. The summed E-state index contributed by atoms with van der Waals surface area (Å²) in [7, 11) is 0. The Balaban J connectivity index is 1.99. The minimum atomic E-state index is -0.984. The zero-order chi connectivity index (χ0) is 21.2. The molecule has 0 radical (unpaired) electrons. The molecule has 1 aliphatic carbocycles. The minimum absolute atomic E-state index is 0.145. The minimum Gasteiger partial charge on any atom is -0.452 e. The summed E-state index contributed by atoms with van der Waals surface area (Å²) in [6.45, 7) is 6.12. The number of ether oxygens (including phenoxy) is 1. The second kappa shape index (κ2) is 8.19. The maximum atomic E-state index is 13.0. The number of nitrogens with two attached hydrogens (primary N) is 1. The number of fused-ring (bicyclic) bond motifs is 2. The Morgan fingerprint density at radius 1 is 1.28 bits per heavy atom. The maximum Gasteiger partial charge on any atom is 0.339 e. The monoisotopic (exact) mass is 397 g/mol. The number of para-hydroxylation sites is 1. The normalized spacial score (nSPS) is 16.2. The molecular formula is C22H27N3O4. The van der Waals surface area contributed by atoms with Gasteiger partial charge in [-0.3, -0.25) is 15.1 Å². The highest BCUT2D eigenvalue weighted by molar-refractivity contribution is 6.06. The molecule has 0 spiro atoms. The van der Waals surface area contributed by atoms with Crippen molar-refractivity contribution >= 4 is 28.8 Å². The average Bonchev–Trinajstić information content (AvgIpc) is 2.69. The molecule has 0 fully saturated rings. The summed E-state index contributed by atoms with van der Waals surface area (Å²) in [4.78, 5) is 40.2. The van der Waals surface area contributed by atoms with Crippen molar-refractivity contribution in [3.8, 4) is 0 Å². The summed E-state index contributed by atoms with van der Waals surface area (Å²) >= 11 is 0. The molecule has 3 rings (SSSR count). The van der Waals surface area contributed by atoms with Gasteiger partial charge in [-0.1, -0.05) is 45.4 Å². The first-order chi connectivity index (χ1) is 13.7. The van der Waals surface area contributed by atoms with Crippen molar-refractivity contribution in [1.29, 1.82) is 0 Å². The molecule has 0 unspecified atom stereocenters. The number of hydrogen-bond acceptors (Lipinski definition) is 5. The van der Waals surface area contributed by atoms with Crippen LogP contribution < -0.4 is 11.1 Å². The highest BCUT2D eigenvalue weighted by Gasteiger charge is 2.34. The van der Waals surface area contributed by atoms with Crippen molar-refractivity contribution in [2.45, 2.75) is 46.5 Å². The summed E-state index contributed by atoms with van der Waals surface area (Å²) < 4.78 is 5.23. The van der Waals surface area contributed by atoms with Crippen molar-refractivity contribution < 1.29 is 19.1 Å². The number of urea groups is 1. The zero-order valence-electron chi connectivity index (χ0n) is 17.1. The molecule has 1 heterocycles. The number of hydrogen-bond donors (Lipinski definition) is 2. The Hall–Kier alpha value is -2.96. The van der Waals surface area contributed by atoms with Crippen LogP contribution in [0.15, 0.2) is 24.3 Å². The Bertz CT molecular complexity index is 968. The number of pyridine rings is 1. The van der Waals surface area contributed by atoms with Crippen LogP contribution in [-0.2, 0) is 22.4 Å². The van der Waals surface area contributed by atoms with Crippen LogP contribution >= 0.6 is 0 Å². The van der Waals surface area contributed by atoms with E-state index in [1.807, 2.05) is 29.6 Å². The highest BCUT2D eigenvalue weighted by Crippen LogP contribution is 2.41. The van der Waals surface area contributed by atoms with Gasteiger partial charge in [0.2, 0.25) is 0 Å². The first-order valence-electron chi connectivity index (χ1n) is 9.89. The van der Waals surface area contributed by atoms with Gasteiger partial charge in [-0.2, -0.15) is 0 Å². The van der Waals surface area contributed by atoms with Gasteiger partial charge in [-0.05, 0) is 42.2 Å². The van der Waals surface area contributed by atoms with Gasteiger partial charge in [0.25, 0.3) is 5.91 Å². The molecule has 1 aromatic heterocycles. The van der Waals surface area contributed by atoms with E-state index < -0.39 is 24.5 Å². The summed E-state index contributed by atoms with van der Waals surface area (Å²) in [6, 6.07) is 6.46. The molecule has 0 saturated carbocycles. The number of aromatic nitrogens is 1. The predicted octanol–water partition coefficient (Wildman–Crippen LogP) is 3.13. The molecule has 7 heteroatoms. The van der Waals surface area contributed by atoms with E-state index in [2.05, 4.69) is 20.8 Å². The van der Waals surface area contributed by atoms with E-state index in [1.165, 1.54) is 0 Å². The van der Waals surface area contributed by atoms with Crippen LogP contribution in [0, 0.1) is 11.3 Å². The van der Waals surface area contributed by atoms with Crippen molar-refractivity contribution in [3.05, 3.63) is 41.1 Å². The second-order valence-electron chi connectivity index (χ2n) is 8.20. The van der Waals surface area contributed by atoms with E-state index >= 15 is 0 Å². The molecule has 7 nitrogen and oxygen atoms in total. The van der Waals surface area contributed by atoms with Gasteiger partial charge in [0.15, 0.2) is 6.61 Å².